The highest BCUT2D eigenvalue weighted by atomic mass is 79.9. The minimum Gasteiger partial charge on any atom is -0.478 e. The number of carboxylic acids is 1. The summed E-state index contributed by atoms with van der Waals surface area (Å²) in [6.07, 6.45) is 0. The molecule has 2 rings (SSSR count). The Labute approximate surface area is 150 Å². The van der Waals surface area contributed by atoms with Crippen LogP contribution in [0.1, 0.15) is 10.4 Å². The molecular formula is C15H14BrFN2O6. The van der Waals surface area contributed by atoms with E-state index < -0.39 is 29.2 Å². The maximum absolute atomic E-state index is 14.1. The van der Waals surface area contributed by atoms with Crippen LogP contribution in [0.3, 0.4) is 0 Å². The number of esters is 1. The summed E-state index contributed by atoms with van der Waals surface area (Å²) in [7, 11) is 1.13. The van der Waals surface area contributed by atoms with E-state index in [4.69, 9.17) is 5.11 Å². The molecule has 0 fully saturated rings. The number of aromatic carboxylic acids is 1. The van der Waals surface area contributed by atoms with Gasteiger partial charge in [0.25, 0.3) is 5.91 Å². The number of amides is 1. The predicted octanol–water partition coefficient (Wildman–Crippen LogP) is 0.960. The van der Waals surface area contributed by atoms with Crippen LogP contribution in [0.2, 0.25) is 0 Å². The Morgan fingerprint density at radius 3 is 2.68 bits per heavy atom. The molecule has 134 valence electrons. The summed E-state index contributed by atoms with van der Waals surface area (Å²) in [5, 5.41) is 20.8. The van der Waals surface area contributed by atoms with E-state index in [0.717, 1.165) is 7.11 Å². The van der Waals surface area contributed by atoms with Crippen molar-refractivity contribution < 1.29 is 33.7 Å². The van der Waals surface area contributed by atoms with Crippen LogP contribution in [-0.2, 0) is 14.3 Å². The van der Waals surface area contributed by atoms with Crippen LogP contribution in [0.25, 0.3) is 0 Å². The van der Waals surface area contributed by atoms with E-state index in [1.54, 1.807) is 0 Å². The number of nitrogens with one attached hydrogen (secondary N) is 1. The van der Waals surface area contributed by atoms with Gasteiger partial charge in [0, 0.05) is 6.54 Å². The summed E-state index contributed by atoms with van der Waals surface area (Å²) in [6.45, 7) is -0.457. The molecule has 0 bridgehead atoms. The fourth-order valence-electron chi connectivity index (χ4n) is 2.35. The highest BCUT2D eigenvalue weighted by Crippen LogP contribution is 2.29. The monoisotopic (exact) mass is 416 g/mol. The molecule has 1 aliphatic heterocycles. The standard InChI is InChI=1S/C15H14BrFN2O6/c1-25-15(24)7-6-19(4-5-20)13(21)12(7)18-9-3-2-8(16)11(17)10(9)14(22)23/h2-3,18,20H,4-6H2,1H3,(H,22,23). The quantitative estimate of drug-likeness (QED) is 0.591. The molecule has 0 saturated heterocycles. The van der Waals surface area contributed by atoms with Gasteiger partial charge in [0.1, 0.15) is 11.3 Å². The van der Waals surface area contributed by atoms with Gasteiger partial charge in [-0.1, -0.05) is 0 Å². The van der Waals surface area contributed by atoms with Crippen molar-refractivity contribution in [2.45, 2.75) is 0 Å². The zero-order chi connectivity index (χ0) is 18.7. The number of methoxy groups -OCH3 is 1. The molecule has 0 radical (unpaired) electrons. The number of aliphatic hydroxyl groups is 1. The molecule has 0 aromatic heterocycles. The minimum absolute atomic E-state index is 0.0228. The molecule has 1 aromatic rings. The van der Waals surface area contributed by atoms with E-state index >= 15 is 0 Å². The van der Waals surface area contributed by atoms with Gasteiger partial charge < -0.3 is 25.2 Å². The predicted molar refractivity (Wildman–Crippen MR) is 87.4 cm³/mol. The van der Waals surface area contributed by atoms with Gasteiger partial charge in [0.2, 0.25) is 0 Å². The van der Waals surface area contributed by atoms with Gasteiger partial charge in [0.15, 0.2) is 5.82 Å². The Morgan fingerprint density at radius 2 is 2.12 bits per heavy atom. The first kappa shape index (κ1) is 18.9. The van der Waals surface area contributed by atoms with Gasteiger partial charge in [-0.25, -0.2) is 14.0 Å². The average Bonchev–Trinajstić information content (AvgIpc) is 2.87. The molecule has 0 atom stereocenters. The number of hydrogen-bond acceptors (Lipinski definition) is 6. The first-order valence-corrected chi connectivity index (χ1v) is 7.81. The molecule has 0 unspecified atom stereocenters. The molecule has 0 aliphatic carbocycles. The zero-order valence-electron chi connectivity index (χ0n) is 13.0. The summed E-state index contributed by atoms with van der Waals surface area (Å²) in [5.41, 5.74) is -1.13. The second kappa shape index (κ2) is 7.62. The highest BCUT2D eigenvalue weighted by Gasteiger charge is 2.35. The third kappa shape index (κ3) is 3.64. The number of rotatable bonds is 6. The molecule has 1 heterocycles. The molecule has 0 spiro atoms. The van der Waals surface area contributed by atoms with Crippen molar-refractivity contribution in [2.24, 2.45) is 0 Å². The maximum atomic E-state index is 14.1. The number of carboxylic acid groups (broad SMARTS) is 1. The van der Waals surface area contributed by atoms with Crippen molar-refractivity contribution in [1.82, 2.24) is 4.90 Å². The fraction of sp³-hybridized carbons (Fsp3) is 0.267. The lowest BCUT2D eigenvalue weighted by atomic mass is 10.1. The van der Waals surface area contributed by atoms with Crippen molar-refractivity contribution >= 4 is 39.5 Å². The van der Waals surface area contributed by atoms with E-state index in [0.29, 0.717) is 0 Å². The number of benzene rings is 1. The van der Waals surface area contributed by atoms with Crippen LogP contribution >= 0.6 is 15.9 Å². The number of carbonyl (C=O) groups excluding carboxylic acids is 2. The van der Waals surface area contributed by atoms with Crippen LogP contribution in [0.15, 0.2) is 27.9 Å². The van der Waals surface area contributed by atoms with Gasteiger partial charge in [-0.3, -0.25) is 4.79 Å². The number of anilines is 1. The molecular weight excluding hydrogens is 403 g/mol. The lowest BCUT2D eigenvalue weighted by Gasteiger charge is -2.15. The number of nitrogens with zero attached hydrogens (tertiary/aromatic N) is 1. The Morgan fingerprint density at radius 1 is 1.44 bits per heavy atom. The van der Waals surface area contributed by atoms with E-state index in [-0.39, 0.29) is 41.1 Å². The first-order valence-electron chi connectivity index (χ1n) is 7.01. The normalized spacial score (nSPS) is 14.1. The van der Waals surface area contributed by atoms with Crippen molar-refractivity contribution in [3.8, 4) is 0 Å². The second-order valence-corrected chi connectivity index (χ2v) is 5.86. The van der Waals surface area contributed by atoms with Crippen LogP contribution in [-0.4, -0.2) is 59.8 Å². The van der Waals surface area contributed by atoms with Crippen LogP contribution < -0.4 is 5.32 Å². The fourth-order valence-corrected chi connectivity index (χ4v) is 2.68. The average molecular weight is 417 g/mol. The molecule has 8 nitrogen and oxygen atoms in total. The molecule has 1 aromatic carbocycles. The number of aliphatic hydroxyl groups excluding tert-OH is 1. The van der Waals surface area contributed by atoms with E-state index in [2.05, 4.69) is 26.0 Å². The molecule has 25 heavy (non-hydrogen) atoms. The summed E-state index contributed by atoms with van der Waals surface area (Å²) in [4.78, 5) is 36.8. The number of carbonyl (C=O) groups is 3. The molecule has 3 N–H and O–H groups in total. The summed E-state index contributed by atoms with van der Waals surface area (Å²) >= 11 is 2.89. The van der Waals surface area contributed by atoms with Gasteiger partial charge in [-0.05, 0) is 28.1 Å². The lowest BCUT2D eigenvalue weighted by Crippen LogP contribution is -2.31. The Hall–Kier alpha value is -2.46. The topological polar surface area (TPSA) is 116 Å². The largest absolute Gasteiger partial charge is 0.478 e. The van der Waals surface area contributed by atoms with Crippen molar-refractivity contribution in [3.05, 3.63) is 39.3 Å². The number of halogens is 2. The molecule has 10 heteroatoms. The van der Waals surface area contributed by atoms with Crippen LogP contribution in [0.5, 0.6) is 0 Å². The van der Waals surface area contributed by atoms with Crippen molar-refractivity contribution in [1.29, 1.82) is 0 Å². The van der Waals surface area contributed by atoms with Crippen molar-refractivity contribution in [3.63, 3.8) is 0 Å². The maximum Gasteiger partial charge on any atom is 0.340 e. The van der Waals surface area contributed by atoms with E-state index in [1.807, 2.05) is 0 Å². The lowest BCUT2D eigenvalue weighted by molar-refractivity contribution is -0.136. The second-order valence-electron chi connectivity index (χ2n) is 5.01. The van der Waals surface area contributed by atoms with Gasteiger partial charge in [-0.2, -0.15) is 0 Å². The number of hydrogen-bond donors (Lipinski definition) is 3. The Bertz CT molecular complexity index is 780. The summed E-state index contributed by atoms with van der Waals surface area (Å²) < 4.78 is 18.7. The smallest absolute Gasteiger partial charge is 0.340 e. The Kier molecular flexibility index (Phi) is 5.75. The number of ether oxygens (including phenoxy) is 1. The first-order chi connectivity index (χ1) is 11.8. The molecule has 0 saturated carbocycles. The van der Waals surface area contributed by atoms with E-state index in [1.165, 1.54) is 17.0 Å². The third-order valence-electron chi connectivity index (χ3n) is 3.52. The SMILES string of the molecule is COC(=O)C1=C(Nc2ccc(Br)c(F)c2C(=O)O)C(=O)N(CCO)C1. The minimum atomic E-state index is -1.54. The van der Waals surface area contributed by atoms with Gasteiger partial charge >= 0.3 is 11.9 Å². The zero-order valence-corrected chi connectivity index (χ0v) is 14.6. The molecule has 1 aliphatic rings. The van der Waals surface area contributed by atoms with Crippen LogP contribution in [0, 0.1) is 5.82 Å². The summed E-state index contributed by atoms with van der Waals surface area (Å²) in [6, 6.07) is 2.54. The summed E-state index contributed by atoms with van der Waals surface area (Å²) in [5.74, 6) is -3.98. The number of β-amino-alcohol motifs (C(OH)–C–C–N with tert-alkyl or cyclic N) is 1. The van der Waals surface area contributed by atoms with E-state index in [9.17, 15) is 23.9 Å². The Balaban J connectivity index is 2.49. The third-order valence-corrected chi connectivity index (χ3v) is 4.13. The van der Waals surface area contributed by atoms with Crippen molar-refractivity contribution in [2.75, 3.05) is 32.1 Å². The van der Waals surface area contributed by atoms with Gasteiger partial charge in [-0.15, -0.1) is 0 Å². The molecule has 1 amide bonds. The highest BCUT2D eigenvalue weighted by molar-refractivity contribution is 9.10. The van der Waals surface area contributed by atoms with Crippen LogP contribution in [0.4, 0.5) is 10.1 Å². The van der Waals surface area contributed by atoms with Gasteiger partial charge in [0.05, 0.1) is 36.0 Å².